The van der Waals surface area contributed by atoms with Gasteiger partial charge in [-0.15, -0.1) is 0 Å². The minimum absolute atomic E-state index is 0.0188. The standard InChI is InChI=1S/C22H22F3N7O4/c1-31-8-14(18(30-31)32-11-21(7-17(32)33)3-5-35-12-21)28-19(34)15-9-36-20(29-15)13-2-4-26-16(6-13)27-10-22(23,24)25/h2,4,6,8-9H,3,5,7,10-12H2,1H3,(H,26,27)(H,28,34). The van der Waals surface area contributed by atoms with Crippen LogP contribution in [0.25, 0.3) is 11.5 Å². The lowest BCUT2D eigenvalue weighted by atomic mass is 9.87. The van der Waals surface area contributed by atoms with Crippen molar-refractivity contribution in [3.8, 4) is 11.5 Å². The first-order chi connectivity index (χ1) is 17.1. The Labute approximate surface area is 202 Å². The number of carbonyl (C=O) groups is 2. The molecule has 2 fully saturated rings. The van der Waals surface area contributed by atoms with Gasteiger partial charge in [0.25, 0.3) is 5.91 Å². The van der Waals surface area contributed by atoms with Gasteiger partial charge in [0.15, 0.2) is 11.5 Å². The Morgan fingerprint density at radius 1 is 1.33 bits per heavy atom. The highest BCUT2D eigenvalue weighted by atomic mass is 19.4. The molecule has 5 rings (SSSR count). The fourth-order valence-corrected chi connectivity index (χ4v) is 4.31. The normalized spacial score (nSPS) is 19.9. The van der Waals surface area contributed by atoms with Crippen molar-refractivity contribution in [3.05, 3.63) is 36.5 Å². The van der Waals surface area contributed by atoms with Crippen LogP contribution in [0.4, 0.5) is 30.5 Å². The predicted octanol–water partition coefficient (Wildman–Crippen LogP) is 2.84. The van der Waals surface area contributed by atoms with E-state index in [9.17, 15) is 22.8 Å². The molecule has 14 heteroatoms. The van der Waals surface area contributed by atoms with E-state index >= 15 is 0 Å². The number of alkyl halides is 3. The van der Waals surface area contributed by atoms with Gasteiger partial charge in [0.1, 0.15) is 24.3 Å². The van der Waals surface area contributed by atoms with Crippen molar-refractivity contribution in [2.75, 3.05) is 41.8 Å². The number of hydrogen-bond donors (Lipinski definition) is 2. The molecule has 5 heterocycles. The molecule has 1 atom stereocenters. The lowest BCUT2D eigenvalue weighted by molar-refractivity contribution is -0.118. The van der Waals surface area contributed by atoms with E-state index in [0.29, 0.717) is 43.2 Å². The summed E-state index contributed by atoms with van der Waals surface area (Å²) in [5, 5.41) is 9.27. The lowest BCUT2D eigenvalue weighted by Crippen LogP contribution is -2.30. The van der Waals surface area contributed by atoms with Crippen LogP contribution in [0.3, 0.4) is 0 Å². The monoisotopic (exact) mass is 505 g/mol. The summed E-state index contributed by atoms with van der Waals surface area (Å²) in [6, 6.07) is 2.83. The summed E-state index contributed by atoms with van der Waals surface area (Å²) in [6.45, 7) is 0.323. The maximum atomic E-state index is 12.9. The lowest BCUT2D eigenvalue weighted by Gasteiger charge is -2.20. The summed E-state index contributed by atoms with van der Waals surface area (Å²) in [4.78, 5) is 35.2. The highest BCUT2D eigenvalue weighted by molar-refractivity contribution is 6.06. The van der Waals surface area contributed by atoms with Crippen molar-refractivity contribution >= 4 is 29.1 Å². The summed E-state index contributed by atoms with van der Waals surface area (Å²) < 4.78 is 49.8. The molecular weight excluding hydrogens is 483 g/mol. The number of aromatic nitrogens is 4. The molecule has 0 bridgehead atoms. The number of nitrogens with one attached hydrogen (secondary N) is 2. The number of amides is 2. The molecule has 2 amide bonds. The number of pyridine rings is 1. The molecular formula is C22H22F3N7O4. The molecule has 11 nitrogen and oxygen atoms in total. The number of aryl methyl sites for hydroxylation is 1. The molecule has 1 spiro atoms. The molecule has 36 heavy (non-hydrogen) atoms. The van der Waals surface area contributed by atoms with E-state index in [-0.39, 0.29) is 28.7 Å². The Morgan fingerprint density at radius 2 is 2.17 bits per heavy atom. The minimum atomic E-state index is -4.40. The van der Waals surface area contributed by atoms with Gasteiger partial charge in [-0.3, -0.25) is 19.2 Å². The van der Waals surface area contributed by atoms with E-state index in [2.05, 4.69) is 25.7 Å². The molecule has 0 saturated carbocycles. The third kappa shape index (κ3) is 4.89. The summed E-state index contributed by atoms with van der Waals surface area (Å²) >= 11 is 0. The molecule has 3 aromatic rings. The van der Waals surface area contributed by atoms with Gasteiger partial charge in [0.2, 0.25) is 11.8 Å². The fraction of sp³-hybridized carbons (Fsp3) is 0.409. The van der Waals surface area contributed by atoms with Crippen molar-refractivity contribution in [1.82, 2.24) is 19.7 Å². The number of anilines is 3. The van der Waals surface area contributed by atoms with E-state index in [1.165, 1.54) is 23.0 Å². The van der Waals surface area contributed by atoms with Gasteiger partial charge in [-0.25, -0.2) is 9.97 Å². The van der Waals surface area contributed by atoms with Crippen LogP contribution in [-0.2, 0) is 16.6 Å². The highest BCUT2D eigenvalue weighted by Gasteiger charge is 2.47. The molecule has 190 valence electrons. The number of hydrogen-bond acceptors (Lipinski definition) is 8. The number of nitrogens with zero attached hydrogens (tertiary/aromatic N) is 5. The van der Waals surface area contributed by atoms with Gasteiger partial charge < -0.3 is 19.8 Å². The molecule has 0 aliphatic carbocycles. The topological polar surface area (TPSA) is 127 Å². The Morgan fingerprint density at radius 3 is 2.92 bits per heavy atom. The van der Waals surface area contributed by atoms with Gasteiger partial charge >= 0.3 is 6.18 Å². The largest absolute Gasteiger partial charge is 0.444 e. The Balaban J connectivity index is 1.31. The number of rotatable bonds is 6. The van der Waals surface area contributed by atoms with E-state index in [0.717, 1.165) is 12.7 Å². The molecule has 0 radical (unpaired) electrons. The average Bonchev–Trinajstić information content (AvgIpc) is 3.60. The molecule has 1 unspecified atom stereocenters. The van der Waals surface area contributed by atoms with Crippen LogP contribution in [0.2, 0.25) is 0 Å². The summed E-state index contributed by atoms with van der Waals surface area (Å²) in [6.07, 6.45) is 0.759. The van der Waals surface area contributed by atoms with Crippen LogP contribution in [0.15, 0.2) is 35.2 Å². The molecule has 2 aliphatic rings. The van der Waals surface area contributed by atoms with Crippen LogP contribution < -0.4 is 15.5 Å². The van der Waals surface area contributed by atoms with Crippen molar-refractivity contribution in [3.63, 3.8) is 0 Å². The Kier molecular flexibility index (Phi) is 5.90. The minimum Gasteiger partial charge on any atom is -0.444 e. The van der Waals surface area contributed by atoms with E-state index in [4.69, 9.17) is 9.15 Å². The number of ether oxygens (including phenoxy) is 1. The molecule has 2 aliphatic heterocycles. The zero-order valence-electron chi connectivity index (χ0n) is 19.1. The van der Waals surface area contributed by atoms with Crippen LogP contribution in [-0.4, -0.2) is 64.0 Å². The van der Waals surface area contributed by atoms with Crippen molar-refractivity contribution in [1.29, 1.82) is 0 Å². The van der Waals surface area contributed by atoms with Crippen LogP contribution in [0, 0.1) is 5.41 Å². The SMILES string of the molecule is Cn1cc(NC(=O)c2coc(-c3ccnc(NCC(F)(F)F)c3)n2)c(N2CC3(CCOC3)CC2=O)n1. The number of carbonyl (C=O) groups excluding carboxylic acids is 2. The first-order valence-electron chi connectivity index (χ1n) is 11.1. The van der Waals surface area contributed by atoms with Crippen LogP contribution in [0.1, 0.15) is 23.3 Å². The first-order valence-corrected chi connectivity index (χ1v) is 11.1. The van der Waals surface area contributed by atoms with E-state index in [1.807, 2.05) is 0 Å². The number of halogens is 3. The number of oxazole rings is 1. The average molecular weight is 505 g/mol. The zero-order valence-corrected chi connectivity index (χ0v) is 19.1. The van der Waals surface area contributed by atoms with Gasteiger partial charge in [-0.2, -0.15) is 18.3 Å². The van der Waals surface area contributed by atoms with Crippen molar-refractivity contribution in [2.45, 2.75) is 19.0 Å². The maximum absolute atomic E-state index is 12.9. The Bertz CT molecular complexity index is 1300. The second-order valence-corrected chi connectivity index (χ2v) is 8.89. The fourth-order valence-electron chi connectivity index (χ4n) is 4.31. The van der Waals surface area contributed by atoms with Gasteiger partial charge in [0, 0.05) is 43.8 Å². The van der Waals surface area contributed by atoms with Gasteiger partial charge in [-0.05, 0) is 18.6 Å². The summed E-state index contributed by atoms with van der Waals surface area (Å²) in [7, 11) is 1.68. The van der Waals surface area contributed by atoms with E-state index in [1.54, 1.807) is 18.1 Å². The first kappa shape index (κ1) is 23.8. The van der Waals surface area contributed by atoms with Gasteiger partial charge in [-0.1, -0.05) is 0 Å². The molecule has 2 N–H and O–H groups in total. The third-order valence-electron chi connectivity index (χ3n) is 6.03. The van der Waals surface area contributed by atoms with Crippen LogP contribution >= 0.6 is 0 Å². The quantitative estimate of drug-likeness (QED) is 0.524. The second kappa shape index (κ2) is 8.93. The summed E-state index contributed by atoms with van der Waals surface area (Å²) in [5.74, 6) is -0.352. The molecule has 0 aromatic carbocycles. The smallest absolute Gasteiger partial charge is 0.405 e. The second-order valence-electron chi connectivity index (χ2n) is 8.89. The maximum Gasteiger partial charge on any atom is 0.405 e. The van der Waals surface area contributed by atoms with Crippen LogP contribution in [0.5, 0.6) is 0 Å². The molecule has 2 saturated heterocycles. The predicted molar refractivity (Wildman–Crippen MR) is 120 cm³/mol. The zero-order chi connectivity index (χ0) is 25.5. The van der Waals surface area contributed by atoms with Crippen molar-refractivity contribution in [2.24, 2.45) is 12.5 Å². The van der Waals surface area contributed by atoms with Gasteiger partial charge in [0.05, 0.1) is 12.8 Å². The summed E-state index contributed by atoms with van der Waals surface area (Å²) in [5.41, 5.74) is 0.367. The highest BCUT2D eigenvalue weighted by Crippen LogP contribution is 2.42. The van der Waals surface area contributed by atoms with E-state index < -0.39 is 18.6 Å². The Hall–Kier alpha value is -3.94. The molecule has 3 aromatic heterocycles. The third-order valence-corrected chi connectivity index (χ3v) is 6.03. The van der Waals surface area contributed by atoms with Crippen molar-refractivity contribution < 1.29 is 31.9 Å².